The number of nitrogens with zero attached hydrogens (tertiary/aromatic N) is 1. The summed E-state index contributed by atoms with van der Waals surface area (Å²) in [5.41, 5.74) is 0.928. The van der Waals surface area contributed by atoms with Crippen LogP contribution in [0.3, 0.4) is 0 Å². The minimum absolute atomic E-state index is 0.241. The number of rotatable bonds is 2. The molecule has 0 radical (unpaired) electrons. The Kier molecular flexibility index (Phi) is 3.70. The van der Waals surface area contributed by atoms with Crippen LogP contribution in [0.15, 0.2) is 17.0 Å². The first-order chi connectivity index (χ1) is 8.43. The fourth-order valence-corrected chi connectivity index (χ4v) is 4.17. The van der Waals surface area contributed by atoms with E-state index in [0.29, 0.717) is 37.3 Å². The van der Waals surface area contributed by atoms with Gasteiger partial charge in [0.15, 0.2) is 0 Å². The average molecular weight is 272 g/mol. The summed E-state index contributed by atoms with van der Waals surface area (Å²) < 4.78 is 39.7. The number of piperazine rings is 1. The van der Waals surface area contributed by atoms with Crippen molar-refractivity contribution in [1.29, 1.82) is 0 Å². The van der Waals surface area contributed by atoms with Crippen molar-refractivity contribution in [2.24, 2.45) is 0 Å². The van der Waals surface area contributed by atoms with Crippen molar-refractivity contribution < 1.29 is 12.8 Å². The molecule has 0 aromatic heterocycles. The van der Waals surface area contributed by atoms with Crippen LogP contribution in [0.1, 0.15) is 11.1 Å². The van der Waals surface area contributed by atoms with E-state index in [1.54, 1.807) is 13.8 Å². The molecule has 1 aromatic carbocycles. The monoisotopic (exact) mass is 272 g/mol. The highest BCUT2D eigenvalue weighted by Crippen LogP contribution is 2.25. The lowest BCUT2D eigenvalue weighted by atomic mass is 10.1. The van der Waals surface area contributed by atoms with Gasteiger partial charge in [-0.3, -0.25) is 0 Å². The number of aryl methyl sites for hydroxylation is 2. The second-order valence-electron chi connectivity index (χ2n) is 4.52. The molecular weight excluding hydrogens is 255 g/mol. The summed E-state index contributed by atoms with van der Waals surface area (Å²) >= 11 is 0. The predicted molar refractivity (Wildman–Crippen MR) is 67.5 cm³/mol. The highest BCUT2D eigenvalue weighted by molar-refractivity contribution is 7.89. The molecule has 6 heteroatoms. The van der Waals surface area contributed by atoms with Crippen molar-refractivity contribution in [3.05, 3.63) is 29.1 Å². The average Bonchev–Trinajstić information content (AvgIpc) is 2.28. The third-order valence-electron chi connectivity index (χ3n) is 3.10. The van der Waals surface area contributed by atoms with E-state index in [4.69, 9.17) is 0 Å². The van der Waals surface area contributed by atoms with Crippen molar-refractivity contribution in [2.75, 3.05) is 26.2 Å². The molecule has 0 spiro atoms. The normalized spacial score (nSPS) is 17.9. The number of nitrogens with one attached hydrogen (secondary N) is 1. The van der Waals surface area contributed by atoms with Crippen molar-refractivity contribution >= 4 is 10.0 Å². The summed E-state index contributed by atoms with van der Waals surface area (Å²) in [5.74, 6) is -0.399. The zero-order valence-electron chi connectivity index (χ0n) is 10.5. The van der Waals surface area contributed by atoms with Gasteiger partial charge >= 0.3 is 0 Å². The predicted octanol–water partition coefficient (Wildman–Crippen LogP) is 1.04. The minimum atomic E-state index is -3.51. The van der Waals surface area contributed by atoms with E-state index < -0.39 is 15.8 Å². The molecular formula is C12H17FN2O2S. The molecule has 1 N–H and O–H groups in total. The van der Waals surface area contributed by atoms with Crippen molar-refractivity contribution in [2.45, 2.75) is 18.7 Å². The van der Waals surface area contributed by atoms with Gasteiger partial charge in [0, 0.05) is 26.2 Å². The van der Waals surface area contributed by atoms with Crippen LogP contribution in [0, 0.1) is 19.7 Å². The highest BCUT2D eigenvalue weighted by atomic mass is 32.2. The van der Waals surface area contributed by atoms with Crippen molar-refractivity contribution in [3.8, 4) is 0 Å². The summed E-state index contributed by atoms with van der Waals surface area (Å²) in [6.07, 6.45) is 0. The van der Waals surface area contributed by atoms with E-state index in [-0.39, 0.29) is 4.90 Å². The van der Waals surface area contributed by atoms with Gasteiger partial charge in [-0.2, -0.15) is 4.31 Å². The Balaban J connectivity index is 2.47. The van der Waals surface area contributed by atoms with Gasteiger partial charge in [0.25, 0.3) is 0 Å². The van der Waals surface area contributed by atoms with Gasteiger partial charge in [0.2, 0.25) is 10.0 Å². The van der Waals surface area contributed by atoms with E-state index >= 15 is 0 Å². The largest absolute Gasteiger partial charge is 0.314 e. The van der Waals surface area contributed by atoms with Crippen molar-refractivity contribution in [1.82, 2.24) is 9.62 Å². The molecule has 2 rings (SSSR count). The zero-order chi connectivity index (χ0) is 13.3. The molecule has 1 aliphatic rings. The lowest BCUT2D eigenvalue weighted by Gasteiger charge is -2.27. The Morgan fingerprint density at radius 3 is 2.17 bits per heavy atom. The third-order valence-corrected chi connectivity index (χ3v) is 5.30. The maximum Gasteiger partial charge on any atom is 0.243 e. The van der Waals surface area contributed by atoms with Gasteiger partial charge in [-0.25, -0.2) is 12.8 Å². The molecule has 1 aliphatic heterocycles. The minimum Gasteiger partial charge on any atom is -0.314 e. The quantitative estimate of drug-likeness (QED) is 0.875. The molecule has 100 valence electrons. The number of benzene rings is 1. The van der Waals surface area contributed by atoms with Crippen LogP contribution in [0.4, 0.5) is 4.39 Å². The maximum absolute atomic E-state index is 13.2. The summed E-state index contributed by atoms with van der Waals surface area (Å²) in [6, 6.07) is 2.53. The lowest BCUT2D eigenvalue weighted by molar-refractivity contribution is 0.360. The van der Waals surface area contributed by atoms with Gasteiger partial charge in [-0.15, -0.1) is 0 Å². The second-order valence-corrected chi connectivity index (χ2v) is 6.40. The van der Waals surface area contributed by atoms with Gasteiger partial charge in [-0.05, 0) is 37.1 Å². The summed E-state index contributed by atoms with van der Waals surface area (Å²) in [4.78, 5) is 0.241. The Bertz CT molecular complexity index is 528. The number of hydrogen-bond donors (Lipinski definition) is 1. The fourth-order valence-electron chi connectivity index (χ4n) is 2.32. The summed E-state index contributed by atoms with van der Waals surface area (Å²) in [7, 11) is -3.51. The van der Waals surface area contributed by atoms with E-state index in [0.717, 1.165) is 0 Å². The van der Waals surface area contributed by atoms with E-state index in [2.05, 4.69) is 5.32 Å². The molecule has 0 bridgehead atoms. The molecule has 18 heavy (non-hydrogen) atoms. The molecule has 1 fully saturated rings. The van der Waals surface area contributed by atoms with Crippen LogP contribution >= 0.6 is 0 Å². The maximum atomic E-state index is 13.2. The van der Waals surface area contributed by atoms with E-state index in [1.165, 1.54) is 16.4 Å². The Labute approximate surface area is 107 Å². The molecule has 1 heterocycles. The molecule has 0 atom stereocenters. The second kappa shape index (κ2) is 4.95. The lowest BCUT2D eigenvalue weighted by Crippen LogP contribution is -2.46. The zero-order valence-corrected chi connectivity index (χ0v) is 11.3. The molecule has 0 amide bonds. The van der Waals surface area contributed by atoms with Gasteiger partial charge < -0.3 is 5.32 Å². The van der Waals surface area contributed by atoms with Crippen LogP contribution in [0.2, 0.25) is 0 Å². The Morgan fingerprint density at radius 2 is 1.67 bits per heavy atom. The highest BCUT2D eigenvalue weighted by Gasteiger charge is 2.28. The van der Waals surface area contributed by atoms with Crippen LogP contribution in [0.5, 0.6) is 0 Å². The standard InChI is InChI=1S/C12H17FN2O2S/c1-9-7-11(13)8-10(2)12(9)18(16,17)15-5-3-14-4-6-15/h7-8,14H,3-6H2,1-2H3. The molecule has 0 unspecified atom stereocenters. The van der Waals surface area contributed by atoms with Crippen LogP contribution in [-0.2, 0) is 10.0 Å². The van der Waals surface area contributed by atoms with Crippen LogP contribution < -0.4 is 5.32 Å². The fraction of sp³-hybridized carbons (Fsp3) is 0.500. The van der Waals surface area contributed by atoms with Gasteiger partial charge in [0.1, 0.15) is 5.82 Å². The van der Waals surface area contributed by atoms with Crippen molar-refractivity contribution in [3.63, 3.8) is 0 Å². The first-order valence-electron chi connectivity index (χ1n) is 5.90. The summed E-state index contributed by atoms with van der Waals surface area (Å²) in [5, 5.41) is 3.11. The third kappa shape index (κ3) is 2.41. The van der Waals surface area contributed by atoms with Gasteiger partial charge in [-0.1, -0.05) is 0 Å². The SMILES string of the molecule is Cc1cc(F)cc(C)c1S(=O)(=O)N1CCNCC1. The number of sulfonamides is 1. The first kappa shape index (κ1) is 13.5. The van der Waals surface area contributed by atoms with Crippen LogP contribution in [-0.4, -0.2) is 38.9 Å². The topological polar surface area (TPSA) is 49.4 Å². The Morgan fingerprint density at radius 1 is 1.17 bits per heavy atom. The smallest absolute Gasteiger partial charge is 0.243 e. The van der Waals surface area contributed by atoms with Crippen LogP contribution in [0.25, 0.3) is 0 Å². The van der Waals surface area contributed by atoms with E-state index in [1.807, 2.05) is 0 Å². The Hall–Kier alpha value is -0.980. The summed E-state index contributed by atoms with van der Waals surface area (Å²) in [6.45, 7) is 5.48. The molecule has 0 saturated carbocycles. The molecule has 1 aromatic rings. The first-order valence-corrected chi connectivity index (χ1v) is 7.34. The number of halogens is 1. The molecule has 1 saturated heterocycles. The van der Waals surface area contributed by atoms with E-state index in [9.17, 15) is 12.8 Å². The molecule has 4 nitrogen and oxygen atoms in total. The number of hydrogen-bond acceptors (Lipinski definition) is 3. The van der Waals surface area contributed by atoms with Gasteiger partial charge in [0.05, 0.1) is 4.90 Å². The molecule has 0 aliphatic carbocycles.